The van der Waals surface area contributed by atoms with E-state index in [9.17, 15) is 19.7 Å². The van der Waals surface area contributed by atoms with Crippen molar-refractivity contribution in [3.63, 3.8) is 0 Å². The van der Waals surface area contributed by atoms with Crippen LogP contribution in [0.1, 0.15) is 64.7 Å². The second kappa shape index (κ2) is 12.9. The van der Waals surface area contributed by atoms with E-state index in [1.54, 1.807) is 0 Å². The van der Waals surface area contributed by atoms with Gasteiger partial charge >= 0.3 is 11.9 Å². The molecule has 0 radical (unpaired) electrons. The molecule has 144 valence electrons. The van der Waals surface area contributed by atoms with Gasteiger partial charge in [0.2, 0.25) is 0 Å². The van der Waals surface area contributed by atoms with Gasteiger partial charge in [-0.1, -0.05) is 38.7 Å². The number of carbonyl (C=O) groups excluding carboxylic acids is 2. The minimum Gasteiger partial charge on any atom is -0.466 e. The third-order valence-electron chi connectivity index (χ3n) is 3.74. The van der Waals surface area contributed by atoms with Crippen LogP contribution in [0, 0.1) is 10.1 Å². The molecule has 0 aliphatic rings. The number of nitrogens with zero attached hydrogens (tertiary/aromatic N) is 1. The SMILES string of the molecule is CCCOC(=O)CCCCCCCCC(=O)Oc1cccc([N+](=O)[O-])c1. The fourth-order valence-electron chi connectivity index (χ4n) is 2.38. The predicted molar refractivity (Wildman–Crippen MR) is 96.9 cm³/mol. The van der Waals surface area contributed by atoms with Crippen LogP contribution in [0.3, 0.4) is 0 Å². The normalized spacial score (nSPS) is 10.3. The lowest BCUT2D eigenvalue weighted by Crippen LogP contribution is -2.07. The zero-order valence-electron chi connectivity index (χ0n) is 15.3. The summed E-state index contributed by atoms with van der Waals surface area (Å²) in [5.74, 6) is -0.320. The number of hydrogen-bond acceptors (Lipinski definition) is 6. The summed E-state index contributed by atoms with van der Waals surface area (Å²) in [6.07, 6.45) is 7.03. The molecule has 0 fully saturated rings. The first kappa shape index (κ1) is 21.6. The van der Waals surface area contributed by atoms with Crippen molar-refractivity contribution in [2.24, 2.45) is 0 Å². The number of rotatable bonds is 13. The molecule has 0 unspecified atom stereocenters. The lowest BCUT2D eigenvalue weighted by atomic mass is 10.1. The van der Waals surface area contributed by atoms with Gasteiger partial charge in [-0.2, -0.15) is 0 Å². The van der Waals surface area contributed by atoms with Crippen LogP contribution < -0.4 is 4.74 Å². The highest BCUT2D eigenvalue weighted by Crippen LogP contribution is 2.20. The summed E-state index contributed by atoms with van der Waals surface area (Å²) in [4.78, 5) is 33.2. The van der Waals surface area contributed by atoms with Crippen LogP contribution in [0.25, 0.3) is 0 Å². The van der Waals surface area contributed by atoms with Gasteiger partial charge in [-0.3, -0.25) is 19.7 Å². The second-order valence-corrected chi connectivity index (χ2v) is 6.07. The number of hydrogen-bond donors (Lipinski definition) is 0. The molecule has 0 N–H and O–H groups in total. The summed E-state index contributed by atoms with van der Waals surface area (Å²) in [7, 11) is 0. The van der Waals surface area contributed by atoms with Crippen molar-refractivity contribution in [3.05, 3.63) is 34.4 Å². The van der Waals surface area contributed by atoms with E-state index in [0.717, 1.165) is 38.5 Å². The van der Waals surface area contributed by atoms with Crippen molar-refractivity contribution in [2.45, 2.75) is 64.7 Å². The fourth-order valence-corrected chi connectivity index (χ4v) is 2.38. The standard InChI is InChI=1S/C19H27NO6/c1-2-14-25-18(21)12-7-5-3-4-6-8-13-19(22)26-17-11-9-10-16(15-17)20(23)24/h9-11,15H,2-8,12-14H2,1H3. The maximum Gasteiger partial charge on any atom is 0.311 e. The Morgan fingerprint density at radius 3 is 2.23 bits per heavy atom. The number of non-ortho nitro benzene ring substituents is 1. The van der Waals surface area contributed by atoms with Gasteiger partial charge in [0.1, 0.15) is 5.75 Å². The summed E-state index contributed by atoms with van der Waals surface area (Å²) < 4.78 is 10.1. The molecule has 0 aromatic heterocycles. The summed E-state index contributed by atoms with van der Waals surface area (Å²) in [6.45, 7) is 2.46. The predicted octanol–water partition coefficient (Wildman–Crippen LogP) is 4.57. The zero-order valence-corrected chi connectivity index (χ0v) is 15.3. The number of nitro benzene ring substituents is 1. The van der Waals surface area contributed by atoms with Gasteiger partial charge in [0.05, 0.1) is 17.6 Å². The first-order valence-corrected chi connectivity index (χ1v) is 9.13. The Balaban J connectivity index is 2.06. The molecule has 0 amide bonds. The maximum atomic E-state index is 11.7. The van der Waals surface area contributed by atoms with Crippen molar-refractivity contribution < 1.29 is 24.0 Å². The molecule has 1 rings (SSSR count). The summed E-state index contributed by atoms with van der Waals surface area (Å²) >= 11 is 0. The highest BCUT2D eigenvalue weighted by Gasteiger charge is 2.10. The summed E-state index contributed by atoms with van der Waals surface area (Å²) in [5, 5.41) is 10.7. The van der Waals surface area contributed by atoms with Gasteiger partial charge < -0.3 is 9.47 Å². The van der Waals surface area contributed by atoms with Crippen LogP contribution in [0.4, 0.5) is 5.69 Å². The molecular formula is C19H27NO6. The molecule has 0 bridgehead atoms. The molecule has 7 nitrogen and oxygen atoms in total. The molecular weight excluding hydrogens is 338 g/mol. The molecule has 0 saturated carbocycles. The van der Waals surface area contributed by atoms with Gasteiger partial charge in [-0.15, -0.1) is 0 Å². The molecule has 1 aromatic carbocycles. The first-order chi connectivity index (χ1) is 12.5. The number of nitro groups is 1. The maximum absolute atomic E-state index is 11.7. The first-order valence-electron chi connectivity index (χ1n) is 9.13. The third kappa shape index (κ3) is 9.76. The molecule has 1 aromatic rings. The van der Waals surface area contributed by atoms with Crippen molar-refractivity contribution in [1.29, 1.82) is 0 Å². The van der Waals surface area contributed by atoms with E-state index < -0.39 is 4.92 Å². The van der Waals surface area contributed by atoms with Gasteiger partial charge in [0.15, 0.2) is 0 Å². The van der Waals surface area contributed by atoms with Gasteiger partial charge in [-0.25, -0.2) is 0 Å². The van der Waals surface area contributed by atoms with Crippen LogP contribution in [0.15, 0.2) is 24.3 Å². The van der Waals surface area contributed by atoms with Crippen LogP contribution in [0.5, 0.6) is 5.75 Å². The fraction of sp³-hybridized carbons (Fsp3) is 0.579. The second-order valence-electron chi connectivity index (χ2n) is 6.07. The Bertz CT molecular complexity index is 587. The van der Waals surface area contributed by atoms with Crippen LogP contribution in [0.2, 0.25) is 0 Å². The molecule has 7 heteroatoms. The smallest absolute Gasteiger partial charge is 0.311 e. The average molecular weight is 365 g/mol. The number of unbranched alkanes of at least 4 members (excludes halogenated alkanes) is 5. The highest BCUT2D eigenvalue weighted by atomic mass is 16.6. The number of carbonyl (C=O) groups is 2. The van der Waals surface area contributed by atoms with E-state index in [-0.39, 0.29) is 29.8 Å². The van der Waals surface area contributed by atoms with E-state index >= 15 is 0 Å². The van der Waals surface area contributed by atoms with Crippen LogP contribution in [-0.2, 0) is 14.3 Å². The Hall–Kier alpha value is -2.44. The monoisotopic (exact) mass is 365 g/mol. The van der Waals surface area contributed by atoms with Crippen molar-refractivity contribution >= 4 is 17.6 Å². The topological polar surface area (TPSA) is 95.7 Å². The van der Waals surface area contributed by atoms with Gasteiger partial charge in [0.25, 0.3) is 5.69 Å². The van der Waals surface area contributed by atoms with Crippen LogP contribution >= 0.6 is 0 Å². The minimum absolute atomic E-state index is 0.103. The number of ether oxygens (including phenoxy) is 2. The Kier molecular flexibility index (Phi) is 10.7. The largest absolute Gasteiger partial charge is 0.466 e. The highest BCUT2D eigenvalue weighted by molar-refractivity contribution is 5.72. The average Bonchev–Trinajstić information content (AvgIpc) is 2.62. The van der Waals surface area contributed by atoms with Gasteiger partial charge in [-0.05, 0) is 25.3 Å². The van der Waals surface area contributed by atoms with E-state index in [4.69, 9.17) is 9.47 Å². The minimum atomic E-state index is -0.527. The molecule has 0 aliphatic heterocycles. The Morgan fingerprint density at radius 1 is 1.00 bits per heavy atom. The van der Waals surface area contributed by atoms with Gasteiger partial charge in [0, 0.05) is 18.9 Å². The Morgan fingerprint density at radius 2 is 1.62 bits per heavy atom. The van der Waals surface area contributed by atoms with E-state index in [2.05, 4.69) is 0 Å². The third-order valence-corrected chi connectivity index (χ3v) is 3.74. The molecule has 0 aliphatic carbocycles. The number of benzene rings is 1. The lowest BCUT2D eigenvalue weighted by molar-refractivity contribution is -0.384. The molecule has 0 spiro atoms. The lowest BCUT2D eigenvalue weighted by Gasteiger charge is -2.05. The van der Waals surface area contributed by atoms with E-state index in [0.29, 0.717) is 19.4 Å². The van der Waals surface area contributed by atoms with E-state index in [1.807, 2.05) is 6.92 Å². The van der Waals surface area contributed by atoms with Crippen molar-refractivity contribution in [1.82, 2.24) is 0 Å². The molecule has 26 heavy (non-hydrogen) atoms. The van der Waals surface area contributed by atoms with Crippen LogP contribution in [-0.4, -0.2) is 23.5 Å². The molecule has 0 atom stereocenters. The Labute approximate surface area is 153 Å². The van der Waals surface area contributed by atoms with Crippen molar-refractivity contribution in [2.75, 3.05) is 6.61 Å². The number of esters is 2. The quantitative estimate of drug-likeness (QED) is 0.167. The summed E-state index contributed by atoms with van der Waals surface area (Å²) in [5.41, 5.74) is -0.103. The van der Waals surface area contributed by atoms with Crippen molar-refractivity contribution in [3.8, 4) is 5.75 Å². The molecule has 0 saturated heterocycles. The van der Waals surface area contributed by atoms with E-state index in [1.165, 1.54) is 24.3 Å². The summed E-state index contributed by atoms with van der Waals surface area (Å²) in [6, 6.07) is 5.60. The zero-order chi connectivity index (χ0) is 19.2. The molecule has 0 heterocycles.